The minimum atomic E-state index is 0.560. The third-order valence-electron chi connectivity index (χ3n) is 2.91. The number of nitrogens with two attached hydrogens (primary N) is 1. The van der Waals surface area contributed by atoms with Gasteiger partial charge in [0.25, 0.3) is 0 Å². The van der Waals surface area contributed by atoms with Crippen molar-refractivity contribution in [3.05, 3.63) is 20.8 Å². The Balaban J connectivity index is 1.75. The molecule has 3 N–H and O–H groups in total. The highest BCUT2D eigenvalue weighted by Gasteiger charge is 2.16. The number of halogens is 1. The monoisotopic (exact) mass is 301 g/mol. The SMILES string of the molecule is NC(=NCc1ccsc1Br)NCC1CCC1. The lowest BCUT2D eigenvalue weighted by atomic mass is 9.85. The predicted octanol–water partition coefficient (Wildman–Crippen LogP) is 2.72. The van der Waals surface area contributed by atoms with Gasteiger partial charge < -0.3 is 11.1 Å². The number of rotatable bonds is 4. The molecular weight excluding hydrogens is 286 g/mol. The fourth-order valence-electron chi connectivity index (χ4n) is 1.60. The van der Waals surface area contributed by atoms with Gasteiger partial charge >= 0.3 is 0 Å². The molecule has 0 spiro atoms. The minimum Gasteiger partial charge on any atom is -0.370 e. The summed E-state index contributed by atoms with van der Waals surface area (Å²) >= 11 is 5.16. The van der Waals surface area contributed by atoms with Crippen LogP contribution in [0.4, 0.5) is 0 Å². The van der Waals surface area contributed by atoms with Crippen molar-refractivity contribution in [2.24, 2.45) is 16.6 Å². The van der Waals surface area contributed by atoms with Crippen molar-refractivity contribution in [2.75, 3.05) is 6.54 Å². The van der Waals surface area contributed by atoms with Gasteiger partial charge in [0.05, 0.1) is 10.3 Å². The molecule has 0 aromatic carbocycles. The summed E-state index contributed by atoms with van der Waals surface area (Å²) in [5, 5.41) is 5.23. The molecule has 1 aromatic rings. The van der Waals surface area contributed by atoms with E-state index in [0.717, 1.165) is 16.2 Å². The first-order chi connectivity index (χ1) is 7.75. The summed E-state index contributed by atoms with van der Waals surface area (Å²) in [6.45, 7) is 1.62. The van der Waals surface area contributed by atoms with Crippen molar-refractivity contribution in [3.63, 3.8) is 0 Å². The molecule has 16 heavy (non-hydrogen) atoms. The minimum absolute atomic E-state index is 0.560. The maximum atomic E-state index is 5.79. The van der Waals surface area contributed by atoms with Gasteiger partial charge in [0, 0.05) is 6.54 Å². The Bertz CT molecular complexity index is 371. The summed E-state index contributed by atoms with van der Waals surface area (Å²) in [6, 6.07) is 2.07. The van der Waals surface area contributed by atoms with Gasteiger partial charge in [-0.1, -0.05) is 6.42 Å². The van der Waals surface area contributed by atoms with E-state index >= 15 is 0 Å². The van der Waals surface area contributed by atoms with E-state index in [2.05, 4.69) is 32.3 Å². The number of hydrogen-bond donors (Lipinski definition) is 2. The molecule has 0 saturated heterocycles. The van der Waals surface area contributed by atoms with E-state index in [-0.39, 0.29) is 0 Å². The second-order valence-corrected chi connectivity index (χ2v) is 6.33. The molecule has 5 heteroatoms. The highest BCUT2D eigenvalue weighted by Crippen LogP contribution is 2.25. The van der Waals surface area contributed by atoms with Crippen molar-refractivity contribution in [2.45, 2.75) is 25.8 Å². The number of hydrogen-bond acceptors (Lipinski definition) is 2. The highest BCUT2D eigenvalue weighted by molar-refractivity contribution is 9.11. The van der Waals surface area contributed by atoms with Gasteiger partial charge in [-0.2, -0.15) is 0 Å². The lowest BCUT2D eigenvalue weighted by Crippen LogP contribution is -2.37. The standard InChI is InChI=1S/C11H16BrN3S/c12-10-9(4-5-16-10)7-15-11(13)14-6-8-2-1-3-8/h4-5,8H,1-3,6-7H2,(H3,13,14,15). The molecule has 1 aromatic heterocycles. The smallest absolute Gasteiger partial charge is 0.188 e. The number of aliphatic imine (C=N–C) groups is 1. The molecule has 0 atom stereocenters. The Morgan fingerprint density at radius 3 is 3.00 bits per heavy atom. The summed E-state index contributed by atoms with van der Waals surface area (Å²) in [7, 11) is 0. The Labute approximate surface area is 108 Å². The molecule has 2 rings (SSSR count). The summed E-state index contributed by atoms with van der Waals surface area (Å²) in [4.78, 5) is 4.32. The summed E-state index contributed by atoms with van der Waals surface area (Å²) in [6.07, 6.45) is 4.03. The number of nitrogens with one attached hydrogen (secondary N) is 1. The van der Waals surface area contributed by atoms with Gasteiger partial charge in [0.2, 0.25) is 0 Å². The van der Waals surface area contributed by atoms with Crippen LogP contribution in [-0.2, 0) is 6.54 Å². The Morgan fingerprint density at radius 1 is 1.62 bits per heavy atom. The van der Waals surface area contributed by atoms with Crippen LogP contribution in [0.25, 0.3) is 0 Å². The fourth-order valence-corrected chi connectivity index (χ4v) is 2.82. The fraction of sp³-hybridized carbons (Fsp3) is 0.545. The maximum Gasteiger partial charge on any atom is 0.188 e. The number of nitrogens with zero attached hydrogens (tertiary/aromatic N) is 1. The largest absolute Gasteiger partial charge is 0.370 e. The van der Waals surface area contributed by atoms with Crippen LogP contribution in [0.3, 0.4) is 0 Å². The van der Waals surface area contributed by atoms with Crippen LogP contribution in [-0.4, -0.2) is 12.5 Å². The van der Waals surface area contributed by atoms with Crippen LogP contribution in [0, 0.1) is 5.92 Å². The van der Waals surface area contributed by atoms with Crippen LogP contribution < -0.4 is 11.1 Å². The molecule has 1 fully saturated rings. The molecule has 1 aliphatic rings. The summed E-state index contributed by atoms with van der Waals surface area (Å²) in [5.41, 5.74) is 6.99. The van der Waals surface area contributed by atoms with Gasteiger partial charge in [-0.3, -0.25) is 0 Å². The van der Waals surface area contributed by atoms with Crippen molar-refractivity contribution in [3.8, 4) is 0 Å². The van der Waals surface area contributed by atoms with Crippen molar-refractivity contribution >= 4 is 33.2 Å². The van der Waals surface area contributed by atoms with Crippen LogP contribution in [0.1, 0.15) is 24.8 Å². The second kappa shape index (κ2) is 5.68. The summed E-state index contributed by atoms with van der Waals surface area (Å²) in [5.74, 6) is 1.37. The number of thiophene rings is 1. The highest BCUT2D eigenvalue weighted by atomic mass is 79.9. The van der Waals surface area contributed by atoms with E-state index in [4.69, 9.17) is 5.73 Å². The molecule has 0 aliphatic heterocycles. The zero-order chi connectivity index (χ0) is 11.4. The molecule has 0 amide bonds. The topological polar surface area (TPSA) is 50.4 Å². The maximum absolute atomic E-state index is 5.79. The average Bonchev–Trinajstić information content (AvgIpc) is 2.59. The van der Waals surface area contributed by atoms with Crippen LogP contribution in [0.5, 0.6) is 0 Å². The Morgan fingerprint density at radius 2 is 2.44 bits per heavy atom. The zero-order valence-corrected chi connectivity index (χ0v) is 11.5. The molecule has 1 heterocycles. The van der Waals surface area contributed by atoms with Gasteiger partial charge in [0.15, 0.2) is 5.96 Å². The van der Waals surface area contributed by atoms with E-state index in [9.17, 15) is 0 Å². The molecular formula is C11H16BrN3S. The Kier molecular flexibility index (Phi) is 4.23. The molecule has 0 unspecified atom stereocenters. The zero-order valence-electron chi connectivity index (χ0n) is 9.08. The van der Waals surface area contributed by atoms with E-state index in [0.29, 0.717) is 12.5 Å². The van der Waals surface area contributed by atoms with E-state index in [1.54, 1.807) is 11.3 Å². The molecule has 1 saturated carbocycles. The lowest BCUT2D eigenvalue weighted by molar-refractivity contribution is 0.315. The molecule has 0 bridgehead atoms. The second-order valence-electron chi connectivity index (χ2n) is 4.10. The molecule has 0 radical (unpaired) electrons. The lowest BCUT2D eigenvalue weighted by Gasteiger charge is -2.25. The van der Waals surface area contributed by atoms with Crippen molar-refractivity contribution in [1.29, 1.82) is 0 Å². The van der Waals surface area contributed by atoms with Gasteiger partial charge in [-0.25, -0.2) is 4.99 Å². The first-order valence-electron chi connectivity index (χ1n) is 5.51. The number of guanidine groups is 1. The molecule has 3 nitrogen and oxygen atoms in total. The van der Waals surface area contributed by atoms with Crippen LogP contribution in [0.15, 0.2) is 20.2 Å². The third-order valence-corrected chi connectivity index (χ3v) is 4.72. The van der Waals surface area contributed by atoms with E-state index < -0.39 is 0 Å². The summed E-state index contributed by atoms with van der Waals surface area (Å²) < 4.78 is 1.14. The van der Waals surface area contributed by atoms with E-state index in [1.165, 1.54) is 24.8 Å². The van der Waals surface area contributed by atoms with E-state index in [1.807, 2.05) is 5.38 Å². The van der Waals surface area contributed by atoms with Crippen molar-refractivity contribution in [1.82, 2.24) is 5.32 Å². The predicted molar refractivity (Wildman–Crippen MR) is 72.7 cm³/mol. The van der Waals surface area contributed by atoms with Gasteiger partial charge in [-0.15, -0.1) is 11.3 Å². The normalized spacial score (nSPS) is 17.2. The first-order valence-corrected chi connectivity index (χ1v) is 7.18. The van der Waals surface area contributed by atoms with Crippen LogP contribution in [0.2, 0.25) is 0 Å². The molecule has 1 aliphatic carbocycles. The van der Waals surface area contributed by atoms with Gasteiger partial charge in [0.1, 0.15) is 0 Å². The molecule has 88 valence electrons. The van der Waals surface area contributed by atoms with Crippen LogP contribution >= 0.6 is 27.3 Å². The average molecular weight is 302 g/mol. The van der Waals surface area contributed by atoms with Gasteiger partial charge in [-0.05, 0) is 51.7 Å². The van der Waals surface area contributed by atoms with Crippen molar-refractivity contribution < 1.29 is 0 Å². The third kappa shape index (κ3) is 3.22. The Hall–Kier alpha value is -0.550. The quantitative estimate of drug-likeness (QED) is 0.664. The first kappa shape index (κ1) is 11.9.